The molecule has 0 spiro atoms. The number of piperidine rings is 1. The summed E-state index contributed by atoms with van der Waals surface area (Å²) in [6.45, 7) is 4.00. The van der Waals surface area contributed by atoms with Crippen molar-refractivity contribution in [1.29, 1.82) is 0 Å². The number of carboxylic acids is 1. The summed E-state index contributed by atoms with van der Waals surface area (Å²) >= 11 is 0. The number of rotatable bonds is 7. The van der Waals surface area contributed by atoms with E-state index in [1.807, 2.05) is 4.90 Å². The smallest absolute Gasteiger partial charge is 0.335 e. The van der Waals surface area contributed by atoms with E-state index >= 15 is 0 Å². The highest BCUT2D eigenvalue weighted by Crippen LogP contribution is 2.18. The number of nitrogens with one attached hydrogen (secondary N) is 1. The molecule has 6 nitrogen and oxygen atoms in total. The Hall–Kier alpha value is -1.95. The van der Waals surface area contributed by atoms with E-state index in [4.69, 9.17) is 5.11 Å². The quantitative estimate of drug-likeness (QED) is 0.805. The summed E-state index contributed by atoms with van der Waals surface area (Å²) in [4.78, 5) is 29.5. The third-order valence-electron chi connectivity index (χ3n) is 4.17. The molecule has 1 aromatic heterocycles. The summed E-state index contributed by atoms with van der Waals surface area (Å²) in [5, 5.41) is 12.4. The maximum atomic E-state index is 12.3. The number of hydrogen-bond donors (Lipinski definition) is 2. The minimum atomic E-state index is -0.965. The summed E-state index contributed by atoms with van der Waals surface area (Å²) in [7, 11) is 0. The third kappa shape index (κ3) is 5.03. The average Bonchev–Trinajstić information content (AvgIpc) is 2.59. The minimum Gasteiger partial charge on any atom is -0.478 e. The number of likely N-dealkylation sites (tertiary alicyclic amines) is 1. The number of pyridine rings is 1. The molecule has 0 aromatic carbocycles. The maximum absolute atomic E-state index is 12.3. The minimum absolute atomic E-state index is 0.104. The Morgan fingerprint density at radius 1 is 1.35 bits per heavy atom. The molecular formula is C17H25N3O3. The zero-order valence-electron chi connectivity index (χ0n) is 13.6. The van der Waals surface area contributed by atoms with E-state index < -0.39 is 5.97 Å². The molecule has 1 saturated heterocycles. The summed E-state index contributed by atoms with van der Waals surface area (Å²) in [5.41, 5.74) is 0.901. The molecule has 1 fully saturated rings. The molecule has 1 atom stereocenters. The number of nitrogens with zero attached hydrogens (tertiary/aromatic N) is 2. The van der Waals surface area contributed by atoms with Crippen LogP contribution in [0.3, 0.4) is 0 Å². The first-order valence-corrected chi connectivity index (χ1v) is 8.32. The molecule has 2 heterocycles. The van der Waals surface area contributed by atoms with Crippen LogP contribution in [0.15, 0.2) is 18.3 Å². The number of carbonyl (C=O) groups is 2. The Labute approximate surface area is 136 Å². The van der Waals surface area contributed by atoms with E-state index in [0.29, 0.717) is 5.69 Å². The molecule has 1 aliphatic heterocycles. The predicted octanol–water partition coefficient (Wildman–Crippen LogP) is 2.22. The fourth-order valence-electron chi connectivity index (χ4n) is 2.88. The van der Waals surface area contributed by atoms with Gasteiger partial charge in [0.2, 0.25) is 5.91 Å². The molecule has 1 amide bonds. The van der Waals surface area contributed by atoms with Crippen LogP contribution < -0.4 is 5.32 Å². The average molecular weight is 319 g/mol. The Balaban J connectivity index is 1.99. The van der Waals surface area contributed by atoms with Crippen LogP contribution >= 0.6 is 0 Å². The molecule has 126 valence electrons. The van der Waals surface area contributed by atoms with Crippen LogP contribution in [0.2, 0.25) is 0 Å². The normalized spacial score (nSPS) is 16.1. The molecular weight excluding hydrogens is 294 g/mol. The topological polar surface area (TPSA) is 82.5 Å². The molecule has 1 aromatic rings. The lowest BCUT2D eigenvalue weighted by Gasteiger charge is -2.28. The van der Waals surface area contributed by atoms with Gasteiger partial charge in [-0.1, -0.05) is 13.3 Å². The fourth-order valence-corrected chi connectivity index (χ4v) is 2.88. The third-order valence-corrected chi connectivity index (χ3v) is 4.17. The van der Waals surface area contributed by atoms with Gasteiger partial charge in [-0.3, -0.25) is 9.78 Å². The first kappa shape index (κ1) is 17.4. The summed E-state index contributed by atoms with van der Waals surface area (Å²) < 4.78 is 0. The Morgan fingerprint density at radius 2 is 2.09 bits per heavy atom. The van der Waals surface area contributed by atoms with Gasteiger partial charge in [0.1, 0.15) is 0 Å². The van der Waals surface area contributed by atoms with Crippen LogP contribution in [0.4, 0.5) is 0 Å². The van der Waals surface area contributed by atoms with Gasteiger partial charge in [0.15, 0.2) is 0 Å². The monoisotopic (exact) mass is 319 g/mol. The van der Waals surface area contributed by atoms with Crippen LogP contribution in [0.5, 0.6) is 0 Å². The maximum Gasteiger partial charge on any atom is 0.335 e. The van der Waals surface area contributed by atoms with Crippen LogP contribution in [-0.2, 0) is 4.79 Å². The Morgan fingerprint density at radius 3 is 2.74 bits per heavy atom. The van der Waals surface area contributed by atoms with E-state index in [1.54, 1.807) is 6.07 Å². The van der Waals surface area contributed by atoms with Gasteiger partial charge in [-0.15, -0.1) is 0 Å². The zero-order chi connectivity index (χ0) is 16.7. The van der Waals surface area contributed by atoms with E-state index in [9.17, 15) is 9.59 Å². The zero-order valence-corrected chi connectivity index (χ0v) is 13.6. The van der Waals surface area contributed by atoms with Crippen LogP contribution in [0.25, 0.3) is 0 Å². The second-order valence-corrected chi connectivity index (χ2v) is 5.94. The summed E-state index contributed by atoms with van der Waals surface area (Å²) in [6.07, 6.45) is 6.59. The molecule has 0 aliphatic carbocycles. The van der Waals surface area contributed by atoms with Crippen molar-refractivity contribution in [2.45, 2.75) is 45.1 Å². The van der Waals surface area contributed by atoms with E-state index in [1.165, 1.54) is 18.7 Å². The van der Waals surface area contributed by atoms with Crippen molar-refractivity contribution < 1.29 is 14.7 Å². The number of carboxylic acid groups (broad SMARTS) is 1. The van der Waals surface area contributed by atoms with Crippen molar-refractivity contribution in [1.82, 2.24) is 15.2 Å². The van der Waals surface area contributed by atoms with Crippen molar-refractivity contribution >= 4 is 11.9 Å². The molecule has 6 heteroatoms. The Bertz CT molecular complexity index is 542. The van der Waals surface area contributed by atoms with E-state index in [-0.39, 0.29) is 24.1 Å². The Kier molecular flexibility index (Phi) is 6.52. The number of aromatic carboxylic acids is 1. The van der Waals surface area contributed by atoms with E-state index in [2.05, 4.69) is 17.2 Å². The molecule has 0 radical (unpaired) electrons. The highest BCUT2D eigenvalue weighted by Gasteiger charge is 2.19. The number of carbonyl (C=O) groups excluding carboxylic acids is 1. The van der Waals surface area contributed by atoms with Crippen molar-refractivity contribution in [3.8, 4) is 0 Å². The first-order chi connectivity index (χ1) is 11.1. The molecule has 23 heavy (non-hydrogen) atoms. The summed E-state index contributed by atoms with van der Waals surface area (Å²) in [6, 6.07) is 2.96. The fraction of sp³-hybridized carbons (Fsp3) is 0.588. The predicted molar refractivity (Wildman–Crippen MR) is 87.3 cm³/mol. The van der Waals surface area contributed by atoms with Gasteiger partial charge in [0.25, 0.3) is 0 Å². The highest BCUT2D eigenvalue weighted by molar-refractivity contribution is 5.87. The van der Waals surface area contributed by atoms with Gasteiger partial charge in [-0.25, -0.2) is 4.79 Å². The standard InChI is InChI=1S/C17H25N3O3/c1-2-6-14(15-11-13(17(22)23)7-8-18-15)19-12-16(21)20-9-4-3-5-10-20/h7-8,11,14,19H,2-6,9-10,12H2,1H3,(H,22,23). The van der Waals surface area contributed by atoms with Crippen LogP contribution in [0, 0.1) is 0 Å². The SMILES string of the molecule is CCCC(NCC(=O)N1CCCCC1)c1cc(C(=O)O)ccn1. The second-order valence-electron chi connectivity index (χ2n) is 5.94. The van der Waals surface area contributed by atoms with Crippen molar-refractivity contribution in [3.63, 3.8) is 0 Å². The number of hydrogen-bond acceptors (Lipinski definition) is 4. The van der Waals surface area contributed by atoms with Gasteiger partial charge in [0, 0.05) is 25.3 Å². The summed E-state index contributed by atoms with van der Waals surface area (Å²) in [5.74, 6) is -0.853. The molecule has 1 unspecified atom stereocenters. The van der Waals surface area contributed by atoms with Crippen molar-refractivity contribution in [2.75, 3.05) is 19.6 Å². The molecule has 2 rings (SSSR count). The largest absolute Gasteiger partial charge is 0.478 e. The molecule has 0 saturated carbocycles. The lowest BCUT2D eigenvalue weighted by molar-refractivity contribution is -0.131. The van der Waals surface area contributed by atoms with Crippen molar-refractivity contribution in [3.05, 3.63) is 29.6 Å². The van der Waals surface area contributed by atoms with Gasteiger partial charge in [0.05, 0.1) is 17.8 Å². The number of amides is 1. The lowest BCUT2D eigenvalue weighted by atomic mass is 10.1. The molecule has 1 aliphatic rings. The van der Waals surface area contributed by atoms with Gasteiger partial charge < -0.3 is 15.3 Å². The highest BCUT2D eigenvalue weighted by atomic mass is 16.4. The van der Waals surface area contributed by atoms with Gasteiger partial charge in [-0.05, 0) is 37.8 Å². The van der Waals surface area contributed by atoms with E-state index in [0.717, 1.165) is 38.8 Å². The van der Waals surface area contributed by atoms with Crippen LogP contribution in [-0.4, -0.2) is 46.5 Å². The first-order valence-electron chi connectivity index (χ1n) is 8.32. The van der Waals surface area contributed by atoms with Crippen molar-refractivity contribution in [2.24, 2.45) is 0 Å². The molecule has 2 N–H and O–H groups in total. The van der Waals surface area contributed by atoms with Crippen LogP contribution in [0.1, 0.15) is 61.1 Å². The molecule has 0 bridgehead atoms. The lowest BCUT2D eigenvalue weighted by Crippen LogP contribution is -2.42. The van der Waals surface area contributed by atoms with Gasteiger partial charge >= 0.3 is 5.97 Å². The number of aromatic nitrogens is 1. The van der Waals surface area contributed by atoms with Gasteiger partial charge in [-0.2, -0.15) is 0 Å². The second kappa shape index (κ2) is 8.62.